The first-order chi connectivity index (χ1) is 25.0. The second-order valence-electron chi connectivity index (χ2n) is 13.7. The Kier molecular flexibility index (Phi) is 18.3. The lowest BCUT2D eigenvalue weighted by Gasteiger charge is -2.22. The summed E-state index contributed by atoms with van der Waals surface area (Å²) in [5.74, 6) is -0.552. The number of aliphatic hydroxyl groups excluding tert-OH is 2. The molecule has 0 spiro atoms. The Morgan fingerprint density at radius 1 is 0.885 bits per heavy atom. The zero-order chi connectivity index (χ0) is 37.9. The highest BCUT2D eigenvalue weighted by molar-refractivity contribution is 5.89. The molecular weight excluding hydrogens is 662 g/mol. The number of Topliss-reactive ketones (excluding diaryl/α,β-unsaturated/α-hetero) is 1. The number of carbonyl (C=O) groups excluding carboxylic acids is 4. The number of unbranched alkanes of at least 4 members (excludes halogenated alkanes) is 5. The van der Waals surface area contributed by atoms with Crippen LogP contribution in [-0.2, 0) is 19.2 Å². The van der Waals surface area contributed by atoms with Crippen LogP contribution in [0.1, 0.15) is 108 Å². The molecule has 0 aliphatic heterocycles. The molecule has 10 heteroatoms. The minimum Gasteiger partial charge on any atom is -0.493 e. The van der Waals surface area contributed by atoms with E-state index in [1.165, 1.54) is 26.0 Å². The zero-order valence-electron chi connectivity index (χ0n) is 31.2. The van der Waals surface area contributed by atoms with Crippen LogP contribution in [0.15, 0.2) is 60.7 Å². The van der Waals surface area contributed by atoms with Gasteiger partial charge >= 0.3 is 11.9 Å². The Balaban J connectivity index is 1.37. The fourth-order valence-electron chi connectivity index (χ4n) is 6.47. The Morgan fingerprint density at radius 3 is 2.40 bits per heavy atom. The summed E-state index contributed by atoms with van der Waals surface area (Å²) in [6.07, 6.45) is 15.1. The highest BCUT2D eigenvalue weighted by Crippen LogP contribution is 2.38. The van der Waals surface area contributed by atoms with E-state index in [0.29, 0.717) is 56.3 Å². The standard InChI is InChI=1S/C42H57NO9/c1-5-6-7-8-11-16-32(44)22-23-35-34(36(45)28-37(35)46)18-12-9-10-13-19-40(47)43-30(3)42(49)52-38-24-20-31(27-39(38)50-4)21-25-41(48)51-33-17-14-15-29(2)26-33/h9,12,14-15,17,20-21,24-27,30,34-37,45-46H,5-8,10-11,13,16,18-19,22-23,28H2,1-4H3,(H,43,47)/b12-9-,25-21+/t30?,34-,35-,36+,37-/m1/s1. The molecule has 2 aromatic carbocycles. The molecular formula is C42H57NO9. The van der Waals surface area contributed by atoms with E-state index < -0.39 is 30.2 Å². The number of nitrogens with one attached hydrogen (secondary N) is 1. The largest absolute Gasteiger partial charge is 0.493 e. The Hall–Kier alpha value is -4.28. The lowest BCUT2D eigenvalue weighted by molar-refractivity contribution is -0.139. The van der Waals surface area contributed by atoms with E-state index in [-0.39, 0.29) is 41.4 Å². The van der Waals surface area contributed by atoms with Gasteiger partial charge < -0.3 is 29.7 Å². The molecule has 0 saturated heterocycles. The van der Waals surface area contributed by atoms with Crippen molar-refractivity contribution < 1.29 is 43.6 Å². The SMILES string of the molecule is CCCCCCCC(=O)CC[C@@H]1[C@@H](C/C=C\CCCC(=O)NC(C)C(=O)Oc2ccc(/C=C/C(=O)Oc3cccc(C)c3)cc2OC)[C@@H](O)C[C@H]1O. The van der Waals surface area contributed by atoms with Gasteiger partial charge in [0.2, 0.25) is 5.91 Å². The van der Waals surface area contributed by atoms with Crippen LogP contribution in [0, 0.1) is 18.8 Å². The number of rotatable bonds is 22. The van der Waals surface area contributed by atoms with Gasteiger partial charge in [-0.3, -0.25) is 9.59 Å². The summed E-state index contributed by atoms with van der Waals surface area (Å²) in [5.41, 5.74) is 1.60. The van der Waals surface area contributed by atoms with Gasteiger partial charge in [0.1, 0.15) is 17.6 Å². The van der Waals surface area contributed by atoms with Crippen molar-refractivity contribution in [1.29, 1.82) is 0 Å². The molecule has 0 aromatic heterocycles. The molecule has 0 radical (unpaired) electrons. The van der Waals surface area contributed by atoms with Crippen LogP contribution in [0.25, 0.3) is 6.08 Å². The number of hydrogen-bond acceptors (Lipinski definition) is 9. The van der Waals surface area contributed by atoms with Gasteiger partial charge in [-0.1, -0.05) is 63.0 Å². The summed E-state index contributed by atoms with van der Waals surface area (Å²) >= 11 is 0. The van der Waals surface area contributed by atoms with Crippen LogP contribution in [0.3, 0.4) is 0 Å². The molecule has 52 heavy (non-hydrogen) atoms. The van der Waals surface area contributed by atoms with E-state index in [4.69, 9.17) is 14.2 Å². The van der Waals surface area contributed by atoms with E-state index in [1.807, 2.05) is 25.1 Å². The number of aryl methyl sites for hydroxylation is 1. The third-order valence-corrected chi connectivity index (χ3v) is 9.44. The predicted molar refractivity (Wildman–Crippen MR) is 201 cm³/mol. The van der Waals surface area contributed by atoms with Crippen molar-refractivity contribution in [3.63, 3.8) is 0 Å². The average Bonchev–Trinajstić information content (AvgIpc) is 3.38. The lowest BCUT2D eigenvalue weighted by Crippen LogP contribution is -2.40. The molecule has 1 aliphatic carbocycles. The summed E-state index contributed by atoms with van der Waals surface area (Å²) in [5, 5.41) is 23.8. The van der Waals surface area contributed by atoms with Crippen molar-refractivity contribution in [2.45, 2.75) is 122 Å². The van der Waals surface area contributed by atoms with E-state index in [2.05, 4.69) is 12.2 Å². The highest BCUT2D eigenvalue weighted by Gasteiger charge is 2.40. The number of ketones is 1. The van der Waals surface area contributed by atoms with Gasteiger partial charge in [0.25, 0.3) is 0 Å². The summed E-state index contributed by atoms with van der Waals surface area (Å²) < 4.78 is 16.2. The molecule has 1 amide bonds. The van der Waals surface area contributed by atoms with Gasteiger partial charge in [-0.15, -0.1) is 0 Å². The first-order valence-electron chi connectivity index (χ1n) is 18.7. The molecule has 1 saturated carbocycles. The molecule has 0 heterocycles. The number of ether oxygens (including phenoxy) is 3. The molecule has 2 aromatic rings. The van der Waals surface area contributed by atoms with Crippen LogP contribution < -0.4 is 19.5 Å². The molecule has 1 unspecified atom stereocenters. The summed E-state index contributed by atoms with van der Waals surface area (Å²) in [6.45, 7) is 5.62. The lowest BCUT2D eigenvalue weighted by atomic mass is 9.86. The van der Waals surface area contributed by atoms with Crippen LogP contribution in [0.2, 0.25) is 0 Å². The number of esters is 2. The number of carbonyl (C=O) groups is 4. The van der Waals surface area contributed by atoms with Crippen molar-refractivity contribution in [3.05, 3.63) is 71.8 Å². The van der Waals surface area contributed by atoms with Crippen LogP contribution in [-0.4, -0.2) is 59.2 Å². The molecule has 10 nitrogen and oxygen atoms in total. The second-order valence-corrected chi connectivity index (χ2v) is 13.7. The summed E-state index contributed by atoms with van der Waals surface area (Å²) in [4.78, 5) is 49.9. The molecule has 3 N–H and O–H groups in total. The van der Waals surface area contributed by atoms with Crippen LogP contribution >= 0.6 is 0 Å². The first-order valence-corrected chi connectivity index (χ1v) is 18.7. The number of allylic oxidation sites excluding steroid dienone is 2. The zero-order valence-corrected chi connectivity index (χ0v) is 31.2. The summed E-state index contributed by atoms with van der Waals surface area (Å²) in [6, 6.07) is 11.1. The van der Waals surface area contributed by atoms with Gasteiger partial charge in [0.15, 0.2) is 11.5 Å². The van der Waals surface area contributed by atoms with Gasteiger partial charge in [-0.25, -0.2) is 9.59 Å². The molecule has 284 valence electrons. The van der Waals surface area contributed by atoms with Gasteiger partial charge in [-0.2, -0.15) is 0 Å². The van der Waals surface area contributed by atoms with Crippen molar-refractivity contribution >= 4 is 29.7 Å². The van der Waals surface area contributed by atoms with E-state index in [0.717, 1.165) is 24.8 Å². The highest BCUT2D eigenvalue weighted by atomic mass is 16.6. The van der Waals surface area contributed by atoms with Crippen molar-refractivity contribution in [2.24, 2.45) is 11.8 Å². The maximum absolute atomic E-state index is 12.8. The van der Waals surface area contributed by atoms with Gasteiger partial charge in [0, 0.05) is 25.3 Å². The number of benzene rings is 2. The maximum Gasteiger partial charge on any atom is 0.336 e. The Labute approximate surface area is 308 Å². The second kappa shape index (κ2) is 22.6. The maximum atomic E-state index is 12.8. The molecule has 5 atom stereocenters. The Bertz CT molecular complexity index is 1520. The fraction of sp³-hybridized carbons (Fsp3) is 0.524. The summed E-state index contributed by atoms with van der Waals surface area (Å²) in [7, 11) is 1.43. The van der Waals surface area contributed by atoms with E-state index >= 15 is 0 Å². The van der Waals surface area contributed by atoms with E-state index in [9.17, 15) is 29.4 Å². The monoisotopic (exact) mass is 719 g/mol. The number of amides is 1. The first kappa shape index (κ1) is 42.1. The third-order valence-electron chi connectivity index (χ3n) is 9.44. The van der Waals surface area contributed by atoms with Gasteiger partial charge in [-0.05, 0) is 106 Å². The predicted octanol–water partition coefficient (Wildman–Crippen LogP) is 7.22. The average molecular weight is 720 g/mol. The van der Waals surface area contributed by atoms with Crippen LogP contribution in [0.4, 0.5) is 0 Å². The fourth-order valence-corrected chi connectivity index (χ4v) is 6.47. The van der Waals surface area contributed by atoms with Crippen molar-refractivity contribution in [1.82, 2.24) is 5.32 Å². The normalized spacial score (nSPS) is 19.1. The molecule has 3 rings (SSSR count). The minimum atomic E-state index is -0.899. The third kappa shape index (κ3) is 14.8. The van der Waals surface area contributed by atoms with E-state index in [1.54, 1.807) is 49.4 Å². The quantitative estimate of drug-likeness (QED) is 0.0377. The number of hydrogen-bond donors (Lipinski definition) is 3. The van der Waals surface area contributed by atoms with Gasteiger partial charge in [0.05, 0.1) is 19.3 Å². The topological polar surface area (TPSA) is 148 Å². The van der Waals surface area contributed by atoms with Crippen LogP contribution in [0.5, 0.6) is 17.2 Å². The smallest absolute Gasteiger partial charge is 0.336 e. The molecule has 1 fully saturated rings. The molecule has 1 aliphatic rings. The molecule has 0 bridgehead atoms. The number of methoxy groups -OCH3 is 1. The van der Waals surface area contributed by atoms with Crippen molar-refractivity contribution in [3.8, 4) is 17.2 Å². The number of aliphatic hydroxyl groups is 2. The Morgan fingerprint density at radius 2 is 1.65 bits per heavy atom. The van der Waals surface area contributed by atoms with Crippen molar-refractivity contribution in [2.75, 3.05) is 7.11 Å². The minimum absolute atomic E-state index is 0.0989.